The minimum absolute atomic E-state index is 0.00354. The van der Waals surface area contributed by atoms with E-state index >= 15 is 0 Å². The van der Waals surface area contributed by atoms with Gasteiger partial charge in [0.25, 0.3) is 0 Å². The van der Waals surface area contributed by atoms with Gasteiger partial charge in [0.2, 0.25) is 5.91 Å². The van der Waals surface area contributed by atoms with Gasteiger partial charge in [-0.3, -0.25) is 9.69 Å². The minimum Gasteiger partial charge on any atom is -0.490 e. The van der Waals surface area contributed by atoms with Gasteiger partial charge in [0, 0.05) is 38.9 Å². The summed E-state index contributed by atoms with van der Waals surface area (Å²) >= 11 is 0. The van der Waals surface area contributed by atoms with Crippen LogP contribution in [0.5, 0.6) is 5.75 Å². The molecule has 156 valence electrons. The maximum absolute atomic E-state index is 13.4. The molecule has 1 atom stereocenters. The van der Waals surface area contributed by atoms with Gasteiger partial charge in [-0.25, -0.2) is 4.39 Å². The van der Waals surface area contributed by atoms with Crippen LogP contribution in [-0.4, -0.2) is 79.0 Å². The van der Waals surface area contributed by atoms with Crippen molar-refractivity contribution in [2.45, 2.75) is 43.7 Å². The van der Waals surface area contributed by atoms with Gasteiger partial charge < -0.3 is 19.5 Å². The molecule has 2 fully saturated rings. The van der Waals surface area contributed by atoms with Gasteiger partial charge in [0.1, 0.15) is 30.4 Å². The lowest BCUT2D eigenvalue weighted by Gasteiger charge is -2.37. The molecule has 0 bridgehead atoms. The molecular formula is C21H31FN2O4. The van der Waals surface area contributed by atoms with Crippen molar-refractivity contribution >= 4 is 5.91 Å². The highest BCUT2D eigenvalue weighted by atomic mass is 19.1. The van der Waals surface area contributed by atoms with Crippen molar-refractivity contribution in [1.82, 2.24) is 9.80 Å². The SMILES string of the molecule is COCC(=O)N1CCN(C2CCCCC2)CC(O)(COc2cccc(F)c2)C1. The van der Waals surface area contributed by atoms with Crippen LogP contribution in [0.15, 0.2) is 24.3 Å². The molecule has 1 unspecified atom stereocenters. The highest BCUT2D eigenvalue weighted by molar-refractivity contribution is 5.77. The number of β-amino-alcohol motifs (C(OH)–C–C–N with tert-alkyl or cyclic N) is 1. The lowest BCUT2D eigenvalue weighted by Crippen LogP contribution is -2.54. The van der Waals surface area contributed by atoms with Crippen LogP contribution in [0.1, 0.15) is 32.1 Å². The maximum atomic E-state index is 13.4. The molecule has 1 aromatic carbocycles. The van der Waals surface area contributed by atoms with Crippen LogP contribution in [0.25, 0.3) is 0 Å². The first-order chi connectivity index (χ1) is 13.5. The summed E-state index contributed by atoms with van der Waals surface area (Å²) in [6, 6.07) is 6.31. The third kappa shape index (κ3) is 5.65. The molecule has 6 nitrogen and oxygen atoms in total. The molecule has 28 heavy (non-hydrogen) atoms. The minimum atomic E-state index is -1.23. The third-order valence-electron chi connectivity index (χ3n) is 5.65. The van der Waals surface area contributed by atoms with Gasteiger partial charge in [-0.15, -0.1) is 0 Å². The Morgan fingerprint density at radius 3 is 2.75 bits per heavy atom. The molecule has 0 radical (unpaired) electrons. The first-order valence-corrected chi connectivity index (χ1v) is 10.1. The fourth-order valence-corrected chi connectivity index (χ4v) is 4.24. The van der Waals surface area contributed by atoms with Crippen LogP contribution in [0.4, 0.5) is 4.39 Å². The van der Waals surface area contributed by atoms with Crippen molar-refractivity contribution in [2.24, 2.45) is 0 Å². The number of hydrogen-bond acceptors (Lipinski definition) is 5. The van der Waals surface area contributed by atoms with Gasteiger partial charge in [0.05, 0.1) is 6.54 Å². The number of halogens is 1. The highest BCUT2D eigenvalue weighted by Crippen LogP contribution is 2.26. The Balaban J connectivity index is 1.73. The molecule has 1 heterocycles. The number of aliphatic hydroxyl groups is 1. The third-order valence-corrected chi connectivity index (χ3v) is 5.65. The van der Waals surface area contributed by atoms with E-state index in [9.17, 15) is 14.3 Å². The zero-order chi connectivity index (χ0) is 20.0. The van der Waals surface area contributed by atoms with E-state index in [2.05, 4.69) is 4.90 Å². The number of hydrogen-bond donors (Lipinski definition) is 1. The first kappa shape index (κ1) is 21.0. The molecule has 1 saturated carbocycles. The fourth-order valence-electron chi connectivity index (χ4n) is 4.24. The van der Waals surface area contributed by atoms with E-state index in [0.29, 0.717) is 24.9 Å². The van der Waals surface area contributed by atoms with Gasteiger partial charge in [-0.2, -0.15) is 0 Å². The Morgan fingerprint density at radius 2 is 2.04 bits per heavy atom. The summed E-state index contributed by atoms with van der Waals surface area (Å²) in [7, 11) is 1.49. The van der Waals surface area contributed by atoms with E-state index in [4.69, 9.17) is 9.47 Å². The summed E-state index contributed by atoms with van der Waals surface area (Å²) in [5.74, 6) is -0.153. The summed E-state index contributed by atoms with van der Waals surface area (Å²) in [4.78, 5) is 16.4. The number of rotatable bonds is 6. The van der Waals surface area contributed by atoms with Crippen LogP contribution in [0.3, 0.4) is 0 Å². The highest BCUT2D eigenvalue weighted by Gasteiger charge is 2.39. The van der Waals surface area contributed by atoms with Crippen molar-refractivity contribution in [2.75, 3.05) is 46.5 Å². The normalized spacial score (nSPS) is 24.8. The maximum Gasteiger partial charge on any atom is 0.248 e. The Labute approximate surface area is 166 Å². The lowest BCUT2D eigenvalue weighted by atomic mass is 9.93. The van der Waals surface area contributed by atoms with Crippen LogP contribution >= 0.6 is 0 Å². The number of methoxy groups -OCH3 is 1. The van der Waals surface area contributed by atoms with Crippen molar-refractivity contribution in [3.05, 3.63) is 30.1 Å². The second-order valence-electron chi connectivity index (χ2n) is 7.98. The molecule has 1 aliphatic carbocycles. The standard InChI is InChI=1S/C21H31FN2O4/c1-27-13-20(25)24-11-10-23(18-7-3-2-4-8-18)14-21(26,15-24)16-28-19-9-5-6-17(22)12-19/h5-6,9,12,18,26H,2-4,7-8,10-11,13-16H2,1H3. The number of nitrogens with zero attached hydrogens (tertiary/aromatic N) is 2. The zero-order valence-electron chi connectivity index (χ0n) is 16.6. The average molecular weight is 394 g/mol. The topological polar surface area (TPSA) is 62.2 Å². The molecule has 2 aliphatic rings. The molecule has 1 saturated heterocycles. The molecule has 7 heteroatoms. The van der Waals surface area contributed by atoms with E-state index < -0.39 is 5.60 Å². The molecule has 0 spiro atoms. The van der Waals surface area contributed by atoms with Crippen molar-refractivity contribution in [3.8, 4) is 5.75 Å². The fraction of sp³-hybridized carbons (Fsp3) is 0.667. The van der Waals surface area contributed by atoms with Crippen LogP contribution in [-0.2, 0) is 9.53 Å². The zero-order valence-corrected chi connectivity index (χ0v) is 16.6. The van der Waals surface area contributed by atoms with Crippen LogP contribution in [0.2, 0.25) is 0 Å². The lowest BCUT2D eigenvalue weighted by molar-refractivity contribution is -0.138. The van der Waals surface area contributed by atoms with Gasteiger partial charge >= 0.3 is 0 Å². The van der Waals surface area contributed by atoms with Crippen LogP contribution < -0.4 is 4.74 Å². The van der Waals surface area contributed by atoms with E-state index in [1.165, 1.54) is 38.5 Å². The van der Waals surface area contributed by atoms with Crippen molar-refractivity contribution in [1.29, 1.82) is 0 Å². The van der Waals surface area contributed by atoms with Gasteiger partial charge in [0.15, 0.2) is 0 Å². The number of amides is 1. The molecule has 1 N–H and O–H groups in total. The number of benzene rings is 1. The average Bonchev–Trinajstić information content (AvgIpc) is 2.87. The van der Waals surface area contributed by atoms with Crippen molar-refractivity contribution in [3.63, 3.8) is 0 Å². The molecular weight excluding hydrogens is 363 g/mol. The molecule has 0 aromatic heterocycles. The smallest absolute Gasteiger partial charge is 0.248 e. The summed E-state index contributed by atoms with van der Waals surface area (Å²) in [6.45, 7) is 1.88. The molecule has 1 amide bonds. The second kappa shape index (κ2) is 9.67. The Hall–Kier alpha value is -1.70. The van der Waals surface area contributed by atoms with E-state index in [0.717, 1.165) is 19.4 Å². The summed E-state index contributed by atoms with van der Waals surface area (Å²) in [6.07, 6.45) is 5.90. The number of ether oxygens (including phenoxy) is 2. The largest absolute Gasteiger partial charge is 0.490 e. The Morgan fingerprint density at radius 1 is 1.25 bits per heavy atom. The molecule has 1 aromatic rings. The molecule has 1 aliphatic heterocycles. The molecule has 3 rings (SSSR count). The van der Waals surface area contributed by atoms with E-state index in [1.807, 2.05) is 0 Å². The number of carbonyl (C=O) groups excluding carboxylic acids is 1. The quantitative estimate of drug-likeness (QED) is 0.800. The van der Waals surface area contributed by atoms with E-state index in [-0.39, 0.29) is 31.5 Å². The van der Waals surface area contributed by atoms with Crippen LogP contribution in [0, 0.1) is 5.82 Å². The second-order valence-corrected chi connectivity index (χ2v) is 7.98. The predicted molar refractivity (Wildman–Crippen MR) is 104 cm³/mol. The summed E-state index contributed by atoms with van der Waals surface area (Å²) in [5.41, 5.74) is -1.23. The van der Waals surface area contributed by atoms with Crippen molar-refractivity contribution < 1.29 is 23.8 Å². The Kier molecular flexibility index (Phi) is 7.26. The summed E-state index contributed by atoms with van der Waals surface area (Å²) < 4.78 is 24.1. The van der Waals surface area contributed by atoms with E-state index in [1.54, 1.807) is 17.0 Å². The van der Waals surface area contributed by atoms with Gasteiger partial charge in [-0.1, -0.05) is 25.3 Å². The summed E-state index contributed by atoms with van der Waals surface area (Å²) in [5, 5.41) is 11.4. The van der Waals surface area contributed by atoms with Gasteiger partial charge in [-0.05, 0) is 25.0 Å². The number of carbonyl (C=O) groups is 1. The predicted octanol–water partition coefficient (Wildman–Crippen LogP) is 2.06. The Bertz CT molecular complexity index is 653. The monoisotopic (exact) mass is 394 g/mol. The first-order valence-electron chi connectivity index (χ1n) is 10.1.